The standard InChI is InChI=1S/C8H6BrFN2O/c9-7-2-6(10)1-5-3-11-4-12(13)8(5)7/h1-3,13H,4H2. The smallest absolute Gasteiger partial charge is 0.135 e. The molecule has 0 amide bonds. The number of rotatable bonds is 0. The quantitative estimate of drug-likeness (QED) is 0.760. The number of nitrogens with zero attached hydrogens (tertiary/aromatic N) is 2. The summed E-state index contributed by atoms with van der Waals surface area (Å²) in [4.78, 5) is 3.85. The van der Waals surface area contributed by atoms with Crippen LogP contribution in [0.2, 0.25) is 0 Å². The lowest BCUT2D eigenvalue weighted by molar-refractivity contribution is 0.256. The molecule has 0 saturated heterocycles. The molecule has 0 aliphatic carbocycles. The van der Waals surface area contributed by atoms with Crippen molar-refractivity contribution in [3.63, 3.8) is 0 Å². The van der Waals surface area contributed by atoms with Crippen LogP contribution in [0.3, 0.4) is 0 Å². The third-order valence-corrected chi connectivity index (χ3v) is 2.37. The van der Waals surface area contributed by atoms with Gasteiger partial charge >= 0.3 is 0 Å². The number of benzene rings is 1. The Morgan fingerprint density at radius 3 is 3.08 bits per heavy atom. The van der Waals surface area contributed by atoms with E-state index in [1.807, 2.05) is 0 Å². The number of hydroxylamine groups is 1. The van der Waals surface area contributed by atoms with Gasteiger partial charge in [-0.25, -0.2) is 9.45 Å². The highest BCUT2D eigenvalue weighted by molar-refractivity contribution is 9.10. The molecule has 0 aromatic heterocycles. The average molecular weight is 245 g/mol. The van der Waals surface area contributed by atoms with Gasteiger partial charge in [0.25, 0.3) is 0 Å². The highest BCUT2D eigenvalue weighted by Gasteiger charge is 2.16. The summed E-state index contributed by atoms with van der Waals surface area (Å²) in [6, 6.07) is 2.63. The van der Waals surface area contributed by atoms with Gasteiger partial charge in [0, 0.05) is 16.3 Å². The average Bonchev–Trinajstić information content (AvgIpc) is 2.02. The number of fused-ring (bicyclic) bond motifs is 1. The molecule has 1 aromatic rings. The lowest BCUT2D eigenvalue weighted by atomic mass is 10.1. The molecule has 1 aromatic carbocycles. The van der Waals surface area contributed by atoms with Gasteiger partial charge in [0.05, 0.1) is 5.69 Å². The summed E-state index contributed by atoms with van der Waals surface area (Å²) >= 11 is 3.17. The van der Waals surface area contributed by atoms with E-state index in [4.69, 9.17) is 0 Å². The van der Waals surface area contributed by atoms with Crippen molar-refractivity contribution in [2.75, 3.05) is 11.7 Å². The molecule has 0 fully saturated rings. The molecule has 0 bridgehead atoms. The van der Waals surface area contributed by atoms with Crippen molar-refractivity contribution in [2.45, 2.75) is 0 Å². The van der Waals surface area contributed by atoms with Crippen LogP contribution in [-0.2, 0) is 0 Å². The molecule has 1 aliphatic heterocycles. The maximum atomic E-state index is 12.9. The van der Waals surface area contributed by atoms with Crippen molar-refractivity contribution in [3.05, 3.63) is 28.0 Å². The normalized spacial score (nSPS) is 14.5. The fourth-order valence-electron chi connectivity index (χ4n) is 1.24. The van der Waals surface area contributed by atoms with Gasteiger partial charge < -0.3 is 0 Å². The van der Waals surface area contributed by atoms with E-state index in [-0.39, 0.29) is 12.5 Å². The minimum absolute atomic E-state index is 0.178. The molecule has 0 radical (unpaired) electrons. The molecule has 5 heteroatoms. The van der Waals surface area contributed by atoms with Crippen LogP contribution in [0.25, 0.3) is 0 Å². The van der Waals surface area contributed by atoms with Gasteiger partial charge in [-0.05, 0) is 28.1 Å². The van der Waals surface area contributed by atoms with Gasteiger partial charge in [-0.3, -0.25) is 10.2 Å². The van der Waals surface area contributed by atoms with Crippen LogP contribution < -0.4 is 5.06 Å². The zero-order chi connectivity index (χ0) is 9.42. The van der Waals surface area contributed by atoms with E-state index < -0.39 is 0 Å². The van der Waals surface area contributed by atoms with Crippen LogP contribution in [0, 0.1) is 5.82 Å². The Bertz CT molecular complexity index is 381. The van der Waals surface area contributed by atoms with Crippen LogP contribution in [0.5, 0.6) is 0 Å². The van der Waals surface area contributed by atoms with E-state index >= 15 is 0 Å². The summed E-state index contributed by atoms with van der Waals surface area (Å²) in [6.45, 7) is 0.178. The summed E-state index contributed by atoms with van der Waals surface area (Å²) < 4.78 is 13.4. The predicted molar refractivity (Wildman–Crippen MR) is 50.8 cm³/mol. The molecular formula is C8H6BrFN2O. The Morgan fingerprint density at radius 2 is 2.31 bits per heavy atom. The number of halogens is 2. The molecule has 13 heavy (non-hydrogen) atoms. The Kier molecular flexibility index (Phi) is 2.05. The predicted octanol–water partition coefficient (Wildman–Crippen LogP) is 2.17. The summed E-state index contributed by atoms with van der Waals surface area (Å²) in [5.41, 5.74) is 1.12. The van der Waals surface area contributed by atoms with E-state index in [0.717, 1.165) is 5.06 Å². The number of anilines is 1. The molecule has 3 nitrogen and oxygen atoms in total. The second-order valence-corrected chi connectivity index (χ2v) is 3.53. The zero-order valence-corrected chi connectivity index (χ0v) is 8.12. The van der Waals surface area contributed by atoms with E-state index in [0.29, 0.717) is 15.7 Å². The van der Waals surface area contributed by atoms with E-state index in [9.17, 15) is 9.60 Å². The highest BCUT2D eigenvalue weighted by atomic mass is 79.9. The maximum Gasteiger partial charge on any atom is 0.135 e. The first-order valence-corrected chi connectivity index (χ1v) is 4.43. The Morgan fingerprint density at radius 1 is 1.54 bits per heavy atom. The van der Waals surface area contributed by atoms with Crippen LogP contribution in [0.4, 0.5) is 10.1 Å². The first-order valence-electron chi connectivity index (χ1n) is 3.64. The lowest BCUT2D eigenvalue weighted by Crippen LogP contribution is -2.23. The third kappa shape index (κ3) is 1.45. The molecule has 1 heterocycles. The third-order valence-electron chi connectivity index (χ3n) is 1.76. The van der Waals surface area contributed by atoms with E-state index in [1.165, 1.54) is 18.3 Å². The SMILES string of the molecule is ON1CN=Cc2cc(F)cc(Br)c21. The van der Waals surface area contributed by atoms with Crippen molar-refractivity contribution < 1.29 is 9.60 Å². The minimum Gasteiger partial charge on any atom is -0.287 e. The molecule has 2 rings (SSSR count). The van der Waals surface area contributed by atoms with Crippen molar-refractivity contribution in [1.82, 2.24) is 0 Å². The van der Waals surface area contributed by atoms with Gasteiger partial charge in [-0.1, -0.05) is 0 Å². The molecule has 1 aliphatic rings. The van der Waals surface area contributed by atoms with E-state index in [1.54, 1.807) is 0 Å². The largest absolute Gasteiger partial charge is 0.287 e. The zero-order valence-electron chi connectivity index (χ0n) is 6.54. The second-order valence-electron chi connectivity index (χ2n) is 2.68. The van der Waals surface area contributed by atoms with Gasteiger partial charge in [0.2, 0.25) is 0 Å². The first-order chi connectivity index (χ1) is 6.18. The van der Waals surface area contributed by atoms with Crippen molar-refractivity contribution in [3.8, 4) is 0 Å². The first kappa shape index (κ1) is 8.65. The highest BCUT2D eigenvalue weighted by Crippen LogP contribution is 2.31. The molecule has 68 valence electrons. The second kappa shape index (κ2) is 3.08. The minimum atomic E-state index is -0.354. The van der Waals surface area contributed by atoms with Crippen LogP contribution in [-0.4, -0.2) is 18.1 Å². The topological polar surface area (TPSA) is 35.8 Å². The summed E-state index contributed by atoms with van der Waals surface area (Å²) in [6.07, 6.45) is 1.54. The Hall–Kier alpha value is -0.940. The van der Waals surface area contributed by atoms with Crippen LogP contribution in [0.15, 0.2) is 21.6 Å². The summed E-state index contributed by atoms with van der Waals surface area (Å²) in [5.74, 6) is -0.354. The molecule has 1 N–H and O–H groups in total. The summed E-state index contributed by atoms with van der Waals surface area (Å²) in [5, 5.41) is 10.4. The number of hydrogen-bond donors (Lipinski definition) is 1. The van der Waals surface area contributed by atoms with Gasteiger partial charge in [-0.2, -0.15) is 0 Å². The molecular weight excluding hydrogens is 239 g/mol. The van der Waals surface area contributed by atoms with Crippen molar-refractivity contribution >= 4 is 27.8 Å². The van der Waals surface area contributed by atoms with Gasteiger partial charge in [0.1, 0.15) is 12.5 Å². The fourth-order valence-corrected chi connectivity index (χ4v) is 1.90. The Labute approximate surface area is 82.6 Å². The van der Waals surface area contributed by atoms with Gasteiger partial charge in [-0.15, -0.1) is 0 Å². The molecule has 0 unspecified atom stereocenters. The molecule has 0 atom stereocenters. The van der Waals surface area contributed by atoms with E-state index in [2.05, 4.69) is 20.9 Å². The van der Waals surface area contributed by atoms with Crippen LogP contribution in [0.1, 0.15) is 5.56 Å². The molecule has 0 spiro atoms. The monoisotopic (exact) mass is 244 g/mol. The maximum absolute atomic E-state index is 12.9. The van der Waals surface area contributed by atoms with Crippen molar-refractivity contribution in [2.24, 2.45) is 4.99 Å². The fraction of sp³-hybridized carbons (Fsp3) is 0.125. The number of aliphatic imine (C=N–C) groups is 1. The summed E-state index contributed by atoms with van der Waals surface area (Å²) in [7, 11) is 0. The Balaban J connectivity index is 2.65. The van der Waals surface area contributed by atoms with Crippen molar-refractivity contribution in [1.29, 1.82) is 0 Å². The molecule has 0 saturated carbocycles. The number of hydrogen-bond acceptors (Lipinski definition) is 3. The lowest BCUT2D eigenvalue weighted by Gasteiger charge is -2.21. The van der Waals surface area contributed by atoms with Crippen LogP contribution >= 0.6 is 15.9 Å². The van der Waals surface area contributed by atoms with Gasteiger partial charge in [0.15, 0.2) is 0 Å².